The highest BCUT2D eigenvalue weighted by Crippen LogP contribution is 2.01. The molecule has 0 saturated carbocycles. The molecule has 0 heterocycles. The molecular formula is C6H10O3S. The molecule has 0 aliphatic heterocycles. The second-order valence-corrected chi connectivity index (χ2v) is 2.09. The van der Waals surface area contributed by atoms with Crippen LogP contribution in [0.4, 0.5) is 0 Å². The fraction of sp³-hybridized carbons (Fsp3) is 0.500. The molecule has 58 valence electrons. The molecule has 0 atom stereocenters. The summed E-state index contributed by atoms with van der Waals surface area (Å²) in [5.74, 6) is -0.350. The maximum atomic E-state index is 10.5. The van der Waals surface area contributed by atoms with Gasteiger partial charge in [0.25, 0.3) is 0 Å². The number of hydrogen-bond acceptors (Lipinski definition) is 4. The van der Waals surface area contributed by atoms with E-state index in [-0.39, 0.29) is 12.6 Å². The molecule has 0 radical (unpaired) electrons. The number of hydrogen-bond donors (Lipinski definition) is 0. The first kappa shape index (κ1) is 9.52. The Bertz CT molecular complexity index is 114. The summed E-state index contributed by atoms with van der Waals surface area (Å²) in [6.07, 6.45) is 0. The van der Waals surface area contributed by atoms with Gasteiger partial charge in [0.05, 0.1) is 6.61 Å². The maximum absolute atomic E-state index is 10.5. The van der Waals surface area contributed by atoms with Crippen LogP contribution in [0.5, 0.6) is 0 Å². The molecule has 4 heteroatoms. The van der Waals surface area contributed by atoms with E-state index in [1.807, 2.05) is 0 Å². The molecular weight excluding hydrogens is 152 g/mol. The summed E-state index contributed by atoms with van der Waals surface area (Å²) < 4.78 is 9.30. The first-order chi connectivity index (χ1) is 4.81. The lowest BCUT2D eigenvalue weighted by Crippen LogP contribution is -2.09. The van der Waals surface area contributed by atoms with Crippen LogP contribution in [0, 0.1) is 0 Å². The smallest absolute Gasteiger partial charge is 0.333 e. The van der Waals surface area contributed by atoms with Gasteiger partial charge in [-0.1, -0.05) is 6.58 Å². The van der Waals surface area contributed by atoms with Gasteiger partial charge in [-0.3, -0.25) is 4.18 Å². The number of esters is 1. The van der Waals surface area contributed by atoms with Gasteiger partial charge >= 0.3 is 5.97 Å². The van der Waals surface area contributed by atoms with Crippen LogP contribution in [0.3, 0.4) is 0 Å². The van der Waals surface area contributed by atoms with E-state index < -0.39 is 0 Å². The average molecular weight is 162 g/mol. The molecule has 0 amide bonds. The van der Waals surface area contributed by atoms with Gasteiger partial charge in [-0.05, 0) is 12.3 Å². The van der Waals surface area contributed by atoms with E-state index >= 15 is 0 Å². The van der Waals surface area contributed by atoms with Crippen molar-refractivity contribution in [3.05, 3.63) is 12.0 Å². The predicted octanol–water partition coefficient (Wildman–Crippen LogP) is 1.36. The number of ether oxygens (including phenoxy) is 1. The van der Waals surface area contributed by atoms with E-state index in [0.717, 1.165) is 12.0 Å². The van der Waals surface area contributed by atoms with E-state index in [2.05, 4.69) is 11.3 Å². The largest absolute Gasteiger partial charge is 0.464 e. The molecule has 0 saturated heterocycles. The van der Waals surface area contributed by atoms with Crippen LogP contribution >= 0.6 is 12.0 Å². The summed E-state index contributed by atoms with van der Waals surface area (Å²) in [7, 11) is 0. The maximum Gasteiger partial charge on any atom is 0.333 e. The topological polar surface area (TPSA) is 35.5 Å². The monoisotopic (exact) mass is 162 g/mol. The lowest BCUT2D eigenvalue weighted by atomic mass is 10.7. The molecule has 0 N–H and O–H groups in total. The van der Waals surface area contributed by atoms with E-state index in [9.17, 15) is 4.79 Å². The number of carbonyl (C=O) groups is 1. The third-order valence-corrected chi connectivity index (χ3v) is 1.01. The van der Waals surface area contributed by atoms with Gasteiger partial charge in [0.2, 0.25) is 0 Å². The van der Waals surface area contributed by atoms with Crippen LogP contribution in [-0.4, -0.2) is 19.2 Å². The highest BCUT2D eigenvalue weighted by Gasteiger charge is 1.99. The Kier molecular flexibility index (Phi) is 6.32. The zero-order valence-electron chi connectivity index (χ0n) is 5.83. The first-order valence-corrected chi connectivity index (χ1v) is 3.66. The molecule has 0 aliphatic rings. The van der Waals surface area contributed by atoms with Crippen LogP contribution in [-0.2, 0) is 13.7 Å². The van der Waals surface area contributed by atoms with Crippen molar-refractivity contribution in [3.8, 4) is 0 Å². The summed E-state index contributed by atoms with van der Waals surface area (Å²) in [6, 6.07) is 0. The van der Waals surface area contributed by atoms with Crippen LogP contribution in [0.25, 0.3) is 0 Å². The van der Waals surface area contributed by atoms with Crippen LogP contribution in [0.1, 0.15) is 6.92 Å². The van der Waals surface area contributed by atoms with E-state index in [1.165, 1.54) is 5.41 Å². The fourth-order valence-corrected chi connectivity index (χ4v) is 0.593. The molecule has 0 aromatic carbocycles. The van der Waals surface area contributed by atoms with Gasteiger partial charge in [0, 0.05) is 12.0 Å². The SMILES string of the molecule is C=CSOCC(=O)OCC. The molecule has 10 heavy (non-hydrogen) atoms. The van der Waals surface area contributed by atoms with Gasteiger partial charge in [-0.15, -0.1) is 0 Å². The van der Waals surface area contributed by atoms with E-state index in [4.69, 9.17) is 4.18 Å². The second kappa shape index (κ2) is 6.64. The minimum Gasteiger partial charge on any atom is -0.464 e. The molecule has 0 unspecified atom stereocenters. The van der Waals surface area contributed by atoms with Gasteiger partial charge in [0.15, 0.2) is 6.61 Å². The molecule has 0 spiro atoms. The van der Waals surface area contributed by atoms with Crippen molar-refractivity contribution in [3.63, 3.8) is 0 Å². The normalized spacial score (nSPS) is 8.90. The van der Waals surface area contributed by atoms with Crippen molar-refractivity contribution in [2.45, 2.75) is 6.92 Å². The highest BCUT2D eigenvalue weighted by atomic mass is 32.2. The number of carbonyl (C=O) groups excluding carboxylic acids is 1. The van der Waals surface area contributed by atoms with Crippen molar-refractivity contribution in [2.24, 2.45) is 0 Å². The van der Waals surface area contributed by atoms with E-state index in [1.54, 1.807) is 6.92 Å². The average Bonchev–Trinajstić information content (AvgIpc) is 1.89. The third kappa shape index (κ3) is 5.65. The summed E-state index contributed by atoms with van der Waals surface area (Å²) in [5, 5.41) is 1.50. The second-order valence-electron chi connectivity index (χ2n) is 1.33. The molecule has 0 aromatic rings. The van der Waals surface area contributed by atoms with Crippen molar-refractivity contribution in [2.75, 3.05) is 13.2 Å². The quantitative estimate of drug-likeness (QED) is 0.347. The number of rotatable bonds is 5. The van der Waals surface area contributed by atoms with E-state index in [0.29, 0.717) is 6.61 Å². The standard InChI is InChI=1S/C6H10O3S/c1-3-8-6(7)5-9-10-4-2/h4H,2-3,5H2,1H3. The molecule has 0 rings (SSSR count). The Hall–Kier alpha value is -0.480. The fourth-order valence-electron chi connectivity index (χ4n) is 0.333. The van der Waals surface area contributed by atoms with Gasteiger partial charge < -0.3 is 4.74 Å². The Morgan fingerprint density at radius 2 is 2.50 bits per heavy atom. The van der Waals surface area contributed by atoms with Gasteiger partial charge in [-0.25, -0.2) is 4.79 Å². The Morgan fingerprint density at radius 1 is 1.80 bits per heavy atom. The predicted molar refractivity (Wildman–Crippen MR) is 40.4 cm³/mol. The van der Waals surface area contributed by atoms with Crippen molar-refractivity contribution in [1.82, 2.24) is 0 Å². The zero-order valence-corrected chi connectivity index (χ0v) is 6.65. The lowest BCUT2D eigenvalue weighted by molar-refractivity contribution is -0.145. The minimum atomic E-state index is -0.350. The summed E-state index contributed by atoms with van der Waals surface area (Å²) in [6.45, 7) is 5.50. The third-order valence-electron chi connectivity index (χ3n) is 0.618. The summed E-state index contributed by atoms with van der Waals surface area (Å²) >= 11 is 1.03. The summed E-state index contributed by atoms with van der Waals surface area (Å²) in [5.41, 5.74) is 0. The molecule has 0 aliphatic carbocycles. The highest BCUT2D eigenvalue weighted by molar-refractivity contribution is 7.97. The first-order valence-electron chi connectivity index (χ1n) is 2.86. The zero-order chi connectivity index (χ0) is 7.82. The Morgan fingerprint density at radius 3 is 3.00 bits per heavy atom. The van der Waals surface area contributed by atoms with Crippen LogP contribution in [0.2, 0.25) is 0 Å². The molecule has 0 bridgehead atoms. The van der Waals surface area contributed by atoms with Crippen LogP contribution in [0.15, 0.2) is 12.0 Å². The lowest BCUT2D eigenvalue weighted by Gasteiger charge is -1.98. The Labute approximate surface area is 64.6 Å². The minimum absolute atomic E-state index is 0.0233. The van der Waals surface area contributed by atoms with Gasteiger partial charge in [0.1, 0.15) is 0 Å². The molecule has 0 aromatic heterocycles. The van der Waals surface area contributed by atoms with Crippen molar-refractivity contribution >= 4 is 18.0 Å². The Balaban J connectivity index is 3.13. The van der Waals surface area contributed by atoms with Gasteiger partial charge in [-0.2, -0.15) is 0 Å². The molecule has 0 fully saturated rings. The summed E-state index contributed by atoms with van der Waals surface area (Å²) in [4.78, 5) is 10.5. The molecule has 3 nitrogen and oxygen atoms in total. The van der Waals surface area contributed by atoms with Crippen molar-refractivity contribution in [1.29, 1.82) is 0 Å². The van der Waals surface area contributed by atoms with Crippen molar-refractivity contribution < 1.29 is 13.7 Å². The van der Waals surface area contributed by atoms with Crippen LogP contribution < -0.4 is 0 Å².